The van der Waals surface area contributed by atoms with Crippen LogP contribution >= 0.6 is 11.8 Å². The Hall–Kier alpha value is -1.15. The molecular weight excluding hydrogens is 282 g/mol. The number of thioether (sulfide) groups is 1. The van der Waals surface area contributed by atoms with Gasteiger partial charge in [0.15, 0.2) is 0 Å². The topological polar surface area (TPSA) is 32.7 Å². The van der Waals surface area contributed by atoms with E-state index < -0.39 is 0 Å². The molecule has 0 amide bonds. The summed E-state index contributed by atoms with van der Waals surface area (Å²) in [5.74, 6) is 9.36. The largest absolute Gasteiger partial charge is 0.495 e. The minimum absolute atomic E-state index is 0.0943. The molecule has 1 unspecified atom stereocenters. The van der Waals surface area contributed by atoms with Crippen molar-refractivity contribution in [3.05, 3.63) is 29.3 Å². The lowest BCUT2D eigenvalue weighted by Gasteiger charge is -2.23. The van der Waals surface area contributed by atoms with E-state index in [9.17, 15) is 0 Å². The molecule has 0 aromatic heterocycles. The zero-order valence-electron chi connectivity index (χ0n) is 12.8. The SMILES string of the molecule is COc1ccc(CN(C)C2CCSC2)cc1C#CCCO. The molecule has 1 heterocycles. The Bertz CT molecular complexity index is 515. The summed E-state index contributed by atoms with van der Waals surface area (Å²) in [5, 5.41) is 8.82. The first-order valence-electron chi connectivity index (χ1n) is 7.29. The summed E-state index contributed by atoms with van der Waals surface area (Å²) < 4.78 is 5.35. The summed E-state index contributed by atoms with van der Waals surface area (Å²) in [4.78, 5) is 2.42. The summed E-state index contributed by atoms with van der Waals surface area (Å²) >= 11 is 2.04. The van der Waals surface area contributed by atoms with Crippen molar-refractivity contribution in [1.29, 1.82) is 0 Å². The molecule has 1 aromatic rings. The number of hydrogen-bond acceptors (Lipinski definition) is 4. The molecule has 0 radical (unpaired) electrons. The molecule has 4 heteroatoms. The van der Waals surface area contributed by atoms with Crippen molar-refractivity contribution in [2.24, 2.45) is 0 Å². The number of aliphatic hydroxyl groups is 1. The van der Waals surface area contributed by atoms with Crippen molar-refractivity contribution < 1.29 is 9.84 Å². The second kappa shape index (κ2) is 8.33. The van der Waals surface area contributed by atoms with Crippen molar-refractivity contribution in [2.45, 2.75) is 25.4 Å². The van der Waals surface area contributed by atoms with Crippen LogP contribution in [0.4, 0.5) is 0 Å². The lowest BCUT2D eigenvalue weighted by molar-refractivity contribution is 0.254. The van der Waals surface area contributed by atoms with Crippen LogP contribution in [0.25, 0.3) is 0 Å². The summed E-state index contributed by atoms with van der Waals surface area (Å²) in [6.07, 6.45) is 1.77. The van der Waals surface area contributed by atoms with E-state index in [1.165, 1.54) is 23.5 Å². The zero-order valence-corrected chi connectivity index (χ0v) is 13.6. The first-order chi connectivity index (χ1) is 10.2. The molecule has 1 aliphatic rings. The van der Waals surface area contributed by atoms with Crippen LogP contribution in [0.2, 0.25) is 0 Å². The first-order valence-corrected chi connectivity index (χ1v) is 8.44. The predicted octanol–water partition coefficient (Wildman–Crippen LogP) is 2.37. The molecule has 1 fully saturated rings. The Labute approximate surface area is 131 Å². The van der Waals surface area contributed by atoms with Crippen LogP contribution in [0.1, 0.15) is 24.0 Å². The van der Waals surface area contributed by atoms with Gasteiger partial charge in [0.05, 0.1) is 19.3 Å². The molecular formula is C17H23NO2S. The van der Waals surface area contributed by atoms with E-state index in [-0.39, 0.29) is 6.61 Å². The van der Waals surface area contributed by atoms with Gasteiger partial charge >= 0.3 is 0 Å². The maximum Gasteiger partial charge on any atom is 0.134 e. The van der Waals surface area contributed by atoms with Crippen LogP contribution < -0.4 is 4.74 Å². The third kappa shape index (κ3) is 4.67. The van der Waals surface area contributed by atoms with Crippen LogP contribution in [-0.2, 0) is 6.54 Å². The van der Waals surface area contributed by atoms with Gasteiger partial charge in [-0.3, -0.25) is 4.90 Å². The molecule has 1 saturated heterocycles. The third-order valence-corrected chi connectivity index (χ3v) is 4.83. The van der Waals surface area contributed by atoms with Crippen LogP contribution in [0, 0.1) is 11.8 Å². The minimum Gasteiger partial charge on any atom is -0.495 e. The number of hydrogen-bond donors (Lipinski definition) is 1. The van der Waals surface area contributed by atoms with Crippen LogP contribution in [0.15, 0.2) is 18.2 Å². The van der Waals surface area contributed by atoms with Gasteiger partial charge in [-0.05, 0) is 36.9 Å². The molecule has 1 aliphatic heterocycles. The summed E-state index contributed by atoms with van der Waals surface area (Å²) in [6, 6.07) is 6.87. The number of rotatable bonds is 5. The maximum atomic E-state index is 8.82. The van der Waals surface area contributed by atoms with E-state index >= 15 is 0 Å². The fraction of sp³-hybridized carbons (Fsp3) is 0.529. The second-order valence-electron chi connectivity index (χ2n) is 5.24. The average Bonchev–Trinajstić information content (AvgIpc) is 3.02. The molecule has 0 aliphatic carbocycles. The van der Waals surface area contributed by atoms with Gasteiger partial charge in [-0.2, -0.15) is 11.8 Å². The van der Waals surface area contributed by atoms with E-state index in [2.05, 4.69) is 35.9 Å². The number of aliphatic hydroxyl groups excluding tert-OH is 1. The number of methoxy groups -OCH3 is 1. The van der Waals surface area contributed by atoms with Crippen LogP contribution in [0.3, 0.4) is 0 Å². The average molecular weight is 305 g/mol. The molecule has 1 aromatic carbocycles. The number of ether oxygens (including phenoxy) is 1. The smallest absolute Gasteiger partial charge is 0.134 e. The number of nitrogens with zero attached hydrogens (tertiary/aromatic N) is 1. The normalized spacial score (nSPS) is 17.6. The van der Waals surface area contributed by atoms with E-state index in [1.54, 1.807) is 7.11 Å². The van der Waals surface area contributed by atoms with Gasteiger partial charge in [0.25, 0.3) is 0 Å². The second-order valence-corrected chi connectivity index (χ2v) is 6.39. The Balaban J connectivity index is 2.09. The van der Waals surface area contributed by atoms with E-state index in [4.69, 9.17) is 9.84 Å². The van der Waals surface area contributed by atoms with Gasteiger partial charge < -0.3 is 9.84 Å². The Morgan fingerprint density at radius 2 is 2.33 bits per heavy atom. The lowest BCUT2D eigenvalue weighted by Crippen LogP contribution is -2.30. The van der Waals surface area contributed by atoms with Crippen molar-refractivity contribution in [3.8, 4) is 17.6 Å². The van der Waals surface area contributed by atoms with Gasteiger partial charge in [0.2, 0.25) is 0 Å². The van der Waals surface area contributed by atoms with E-state index in [1.807, 2.05) is 17.8 Å². The third-order valence-electron chi connectivity index (χ3n) is 3.68. The fourth-order valence-electron chi connectivity index (χ4n) is 2.45. The quantitative estimate of drug-likeness (QED) is 0.847. The molecule has 114 valence electrons. The van der Waals surface area contributed by atoms with Crippen molar-refractivity contribution >= 4 is 11.8 Å². The molecule has 1 atom stereocenters. The minimum atomic E-state index is 0.0943. The summed E-state index contributed by atoms with van der Waals surface area (Å²) in [7, 11) is 3.85. The van der Waals surface area contributed by atoms with E-state index in [0.717, 1.165) is 17.9 Å². The highest BCUT2D eigenvalue weighted by molar-refractivity contribution is 7.99. The highest BCUT2D eigenvalue weighted by Gasteiger charge is 2.20. The summed E-state index contributed by atoms with van der Waals surface area (Å²) in [6.45, 7) is 1.03. The Morgan fingerprint density at radius 1 is 1.48 bits per heavy atom. The van der Waals surface area contributed by atoms with Crippen molar-refractivity contribution in [3.63, 3.8) is 0 Å². The molecule has 0 bridgehead atoms. The van der Waals surface area contributed by atoms with Crippen molar-refractivity contribution in [2.75, 3.05) is 32.3 Å². The Kier molecular flexibility index (Phi) is 6.44. The first kappa shape index (κ1) is 16.2. The highest BCUT2D eigenvalue weighted by Crippen LogP contribution is 2.24. The number of benzene rings is 1. The maximum absolute atomic E-state index is 8.82. The monoisotopic (exact) mass is 305 g/mol. The molecule has 3 nitrogen and oxygen atoms in total. The lowest BCUT2D eigenvalue weighted by atomic mass is 10.1. The van der Waals surface area contributed by atoms with Crippen LogP contribution in [0.5, 0.6) is 5.75 Å². The molecule has 1 N–H and O–H groups in total. The standard InChI is InChI=1S/C17H23NO2S/c1-18(16-8-10-21-13-16)12-14-6-7-17(20-2)15(11-14)5-3-4-9-19/h6-7,11,16,19H,4,8-10,12-13H2,1-2H3. The van der Waals surface area contributed by atoms with Crippen LogP contribution in [-0.4, -0.2) is 48.3 Å². The fourth-order valence-corrected chi connectivity index (χ4v) is 3.75. The molecule has 0 saturated carbocycles. The van der Waals surface area contributed by atoms with Gasteiger partial charge in [0.1, 0.15) is 5.75 Å². The molecule has 0 spiro atoms. The van der Waals surface area contributed by atoms with Gasteiger partial charge in [0, 0.05) is 24.8 Å². The van der Waals surface area contributed by atoms with Gasteiger partial charge in [-0.15, -0.1) is 0 Å². The highest BCUT2D eigenvalue weighted by atomic mass is 32.2. The molecule has 2 rings (SSSR count). The van der Waals surface area contributed by atoms with Crippen molar-refractivity contribution in [1.82, 2.24) is 4.90 Å². The molecule has 21 heavy (non-hydrogen) atoms. The Morgan fingerprint density at radius 3 is 3.00 bits per heavy atom. The predicted molar refractivity (Wildman–Crippen MR) is 88.8 cm³/mol. The summed E-state index contributed by atoms with van der Waals surface area (Å²) in [5.41, 5.74) is 2.15. The van der Waals surface area contributed by atoms with E-state index in [0.29, 0.717) is 12.5 Å². The van der Waals surface area contributed by atoms with Gasteiger partial charge in [-0.1, -0.05) is 17.9 Å². The van der Waals surface area contributed by atoms with Gasteiger partial charge in [-0.25, -0.2) is 0 Å². The zero-order chi connectivity index (χ0) is 15.1.